The molecule has 1 saturated heterocycles. The quantitative estimate of drug-likeness (QED) is 0.498. The maximum Gasteiger partial charge on any atom is 0.408 e. The predicted molar refractivity (Wildman–Crippen MR) is 119 cm³/mol. The Kier molecular flexibility index (Phi) is 6.19. The summed E-state index contributed by atoms with van der Waals surface area (Å²) in [5, 5.41) is 23.9. The number of hydrogen-bond acceptors (Lipinski definition) is 5. The van der Waals surface area contributed by atoms with E-state index in [1.807, 2.05) is 13.1 Å². The Morgan fingerprint density at radius 3 is 2.73 bits per heavy atom. The third-order valence-electron chi connectivity index (χ3n) is 5.88. The molecule has 2 heterocycles. The minimum atomic E-state index is -1.30. The number of ether oxygens (including phenoxy) is 1. The number of aliphatic carboxylic acids is 1. The number of carbonyl (C=O) groups is 2. The molecule has 0 unspecified atom stereocenters. The zero-order chi connectivity index (χ0) is 23.7. The monoisotopic (exact) mass is 456 g/mol. The Hall–Kier alpha value is -3.66. The van der Waals surface area contributed by atoms with E-state index in [9.17, 15) is 24.2 Å². The van der Waals surface area contributed by atoms with Crippen LogP contribution in [-0.2, 0) is 18.3 Å². The number of hydrogen-bond donors (Lipinski definition) is 3. The first kappa shape index (κ1) is 22.5. The summed E-state index contributed by atoms with van der Waals surface area (Å²) in [6, 6.07) is 8.74. The molecule has 1 amide bonds. The maximum absolute atomic E-state index is 14.4. The molecule has 1 aliphatic heterocycles. The number of likely N-dealkylation sites (tertiary alicyclic amines) is 1. The lowest BCUT2D eigenvalue weighted by Gasteiger charge is -2.17. The Balaban J connectivity index is 1.67. The van der Waals surface area contributed by atoms with Crippen LogP contribution in [0.15, 0.2) is 36.4 Å². The topological polar surface area (TPSA) is 131 Å². The fraction of sp³-hybridized carbons (Fsp3) is 0.348. The molecule has 9 nitrogen and oxygen atoms in total. The number of fused-ring (bicyclic) bond motifs is 1. The summed E-state index contributed by atoms with van der Waals surface area (Å²) >= 11 is 0. The van der Waals surface area contributed by atoms with E-state index in [0.29, 0.717) is 35.4 Å². The van der Waals surface area contributed by atoms with E-state index in [1.165, 1.54) is 12.1 Å². The molecule has 0 bridgehead atoms. The summed E-state index contributed by atoms with van der Waals surface area (Å²) < 4.78 is 22.1. The van der Waals surface area contributed by atoms with Gasteiger partial charge in [0.15, 0.2) is 0 Å². The number of halogens is 1. The molecule has 1 aromatic heterocycles. The molecular formula is C23H25FN4O5. The third-order valence-corrected chi connectivity index (χ3v) is 5.88. The van der Waals surface area contributed by atoms with Crippen molar-refractivity contribution < 1.29 is 28.9 Å². The molecule has 174 valence electrons. The Labute approximate surface area is 189 Å². The number of nitrogens with two attached hydrogens (primary N) is 1. The molecule has 0 aliphatic carbocycles. The van der Waals surface area contributed by atoms with Crippen molar-refractivity contribution >= 4 is 23.0 Å². The summed E-state index contributed by atoms with van der Waals surface area (Å²) in [6.45, 7) is 0.477. The largest absolute Gasteiger partial charge is 0.488 e. The normalized spacial score (nSPS) is 18.1. The van der Waals surface area contributed by atoms with Crippen LogP contribution in [0.5, 0.6) is 5.75 Å². The van der Waals surface area contributed by atoms with Gasteiger partial charge in [-0.25, -0.2) is 14.0 Å². The average molecular weight is 456 g/mol. The number of benzene rings is 2. The van der Waals surface area contributed by atoms with Crippen LogP contribution in [0.4, 0.5) is 9.18 Å². The molecular weight excluding hydrogens is 431 g/mol. The van der Waals surface area contributed by atoms with Crippen molar-refractivity contribution in [3.63, 3.8) is 0 Å². The van der Waals surface area contributed by atoms with Gasteiger partial charge in [0.1, 0.15) is 23.7 Å². The van der Waals surface area contributed by atoms with Gasteiger partial charge in [0, 0.05) is 30.6 Å². The highest BCUT2D eigenvalue weighted by Gasteiger charge is 2.41. The lowest BCUT2D eigenvalue weighted by atomic mass is 9.98. The van der Waals surface area contributed by atoms with Crippen LogP contribution in [0.3, 0.4) is 0 Å². The van der Waals surface area contributed by atoms with Crippen LogP contribution >= 0.6 is 0 Å². The van der Waals surface area contributed by atoms with Gasteiger partial charge in [0.05, 0.1) is 12.1 Å². The van der Waals surface area contributed by atoms with Crippen LogP contribution in [0.25, 0.3) is 22.0 Å². The van der Waals surface area contributed by atoms with Gasteiger partial charge in [0.25, 0.3) is 0 Å². The molecule has 3 aromatic rings. The van der Waals surface area contributed by atoms with E-state index in [4.69, 9.17) is 10.5 Å². The highest BCUT2D eigenvalue weighted by molar-refractivity contribution is 5.97. The first-order valence-electron chi connectivity index (χ1n) is 10.6. The number of amides is 1. The Morgan fingerprint density at radius 1 is 1.27 bits per heavy atom. The second-order valence-corrected chi connectivity index (χ2v) is 8.10. The van der Waals surface area contributed by atoms with E-state index >= 15 is 0 Å². The van der Waals surface area contributed by atoms with Gasteiger partial charge in [-0.1, -0.05) is 12.1 Å². The maximum atomic E-state index is 14.4. The van der Waals surface area contributed by atoms with Crippen molar-refractivity contribution in [2.24, 2.45) is 12.8 Å². The van der Waals surface area contributed by atoms with E-state index < -0.39 is 30.0 Å². The van der Waals surface area contributed by atoms with Gasteiger partial charge in [-0.15, -0.1) is 0 Å². The molecule has 1 fully saturated rings. The summed E-state index contributed by atoms with van der Waals surface area (Å²) in [5.74, 6) is -1.18. The molecule has 10 heteroatoms. The van der Waals surface area contributed by atoms with Gasteiger partial charge >= 0.3 is 12.1 Å². The highest BCUT2D eigenvalue weighted by atomic mass is 19.1. The van der Waals surface area contributed by atoms with Crippen LogP contribution < -0.4 is 10.5 Å². The zero-order valence-corrected chi connectivity index (χ0v) is 18.1. The molecule has 4 rings (SSSR count). The lowest BCUT2D eigenvalue weighted by Crippen LogP contribution is -2.39. The molecule has 33 heavy (non-hydrogen) atoms. The van der Waals surface area contributed by atoms with E-state index in [2.05, 4.69) is 5.10 Å². The van der Waals surface area contributed by atoms with Crippen LogP contribution in [0, 0.1) is 5.82 Å². The number of nitrogens with zero attached hydrogens (tertiary/aromatic N) is 3. The first-order chi connectivity index (χ1) is 15.8. The lowest BCUT2D eigenvalue weighted by molar-refractivity contribution is -0.141. The van der Waals surface area contributed by atoms with Crippen LogP contribution in [-0.4, -0.2) is 62.2 Å². The SMILES string of the molecule is Cn1nc2cc(F)cc(-c3cccc(O[C@H]4C[C@@H](C(=O)O)N(C(=O)O)C4)c3)c2c1CCCN. The standard InChI is InChI=1S/C23H25FN4O5/c1-27-19(6-3-7-25)21-17(9-14(24)10-18(21)26-27)13-4-2-5-15(8-13)33-16-11-20(22(29)30)28(12-16)23(31)32/h2,4-5,8-10,16,20H,3,6-7,11-12,25H2,1H3,(H,29,30)(H,31,32)/t16-,20-/m0/s1. The predicted octanol–water partition coefficient (Wildman–Crippen LogP) is 2.86. The minimum absolute atomic E-state index is 0.0436. The highest BCUT2D eigenvalue weighted by Crippen LogP contribution is 2.35. The number of carboxylic acid groups (broad SMARTS) is 2. The van der Waals surface area contributed by atoms with E-state index in [0.717, 1.165) is 22.4 Å². The summed E-state index contributed by atoms with van der Waals surface area (Å²) in [7, 11) is 1.82. The van der Waals surface area contributed by atoms with Gasteiger partial charge in [-0.05, 0) is 48.7 Å². The van der Waals surface area contributed by atoms with Gasteiger partial charge in [0.2, 0.25) is 0 Å². The minimum Gasteiger partial charge on any atom is -0.488 e. The molecule has 0 spiro atoms. The number of rotatable bonds is 7. The third kappa shape index (κ3) is 4.47. The van der Waals surface area contributed by atoms with E-state index in [-0.39, 0.29) is 13.0 Å². The number of aromatic nitrogens is 2. The van der Waals surface area contributed by atoms with Crippen molar-refractivity contribution in [1.29, 1.82) is 0 Å². The smallest absolute Gasteiger partial charge is 0.408 e. The average Bonchev–Trinajstić information content (AvgIpc) is 3.32. The second-order valence-electron chi connectivity index (χ2n) is 8.10. The number of carboxylic acids is 1. The molecule has 2 aromatic carbocycles. The molecule has 1 aliphatic rings. The van der Waals surface area contributed by atoms with Crippen LogP contribution in [0.1, 0.15) is 18.5 Å². The van der Waals surface area contributed by atoms with Gasteiger partial charge in [-0.2, -0.15) is 5.10 Å². The fourth-order valence-electron chi connectivity index (χ4n) is 4.40. The van der Waals surface area contributed by atoms with Gasteiger partial charge in [-0.3, -0.25) is 9.58 Å². The molecule has 4 N–H and O–H groups in total. The zero-order valence-electron chi connectivity index (χ0n) is 18.1. The van der Waals surface area contributed by atoms with Crippen molar-refractivity contribution in [3.8, 4) is 16.9 Å². The van der Waals surface area contributed by atoms with Crippen molar-refractivity contribution in [2.45, 2.75) is 31.4 Å². The van der Waals surface area contributed by atoms with Crippen molar-refractivity contribution in [2.75, 3.05) is 13.1 Å². The second kappa shape index (κ2) is 9.07. The van der Waals surface area contributed by atoms with Crippen LogP contribution in [0.2, 0.25) is 0 Å². The molecule has 0 saturated carbocycles. The molecule has 0 radical (unpaired) electrons. The summed E-state index contributed by atoms with van der Waals surface area (Å²) in [4.78, 5) is 23.6. The summed E-state index contributed by atoms with van der Waals surface area (Å²) in [6.07, 6.45) is -0.403. The number of aryl methyl sites for hydroxylation is 2. The fourth-order valence-corrected chi connectivity index (χ4v) is 4.40. The van der Waals surface area contributed by atoms with Crippen molar-refractivity contribution in [1.82, 2.24) is 14.7 Å². The Morgan fingerprint density at radius 2 is 2.06 bits per heavy atom. The molecule has 2 atom stereocenters. The first-order valence-corrected chi connectivity index (χ1v) is 10.6. The van der Waals surface area contributed by atoms with Gasteiger partial charge < -0.3 is 20.7 Å². The van der Waals surface area contributed by atoms with Crippen molar-refractivity contribution in [3.05, 3.63) is 47.9 Å². The Bertz CT molecular complexity index is 1190. The van der Waals surface area contributed by atoms with E-state index in [1.54, 1.807) is 22.9 Å². The summed E-state index contributed by atoms with van der Waals surface area (Å²) in [5.41, 5.74) is 8.56.